The van der Waals surface area contributed by atoms with Crippen molar-refractivity contribution in [2.45, 2.75) is 6.42 Å². The average molecular weight is 396 g/mol. The number of para-hydroxylation sites is 1. The highest BCUT2D eigenvalue weighted by molar-refractivity contribution is 5.61. The van der Waals surface area contributed by atoms with Gasteiger partial charge in [0.05, 0.1) is 19.1 Å². The van der Waals surface area contributed by atoms with Gasteiger partial charge in [-0.3, -0.25) is 10.1 Å². The number of nitrogens with one attached hydrogen (secondary N) is 1. The molecule has 0 saturated heterocycles. The van der Waals surface area contributed by atoms with E-state index in [0.717, 1.165) is 5.56 Å². The van der Waals surface area contributed by atoms with Crippen molar-refractivity contribution in [2.24, 2.45) is 0 Å². The standard InChI is InChI=1S/C20H20N4O5/c1-27-16-9-8-14(12-17(16)28-2)10-11-21-19-18(24(25)26)20(23-13-22-19)29-15-6-4-3-5-7-15/h3-9,12-13H,10-11H2,1-2H3,(H,21,22,23). The molecule has 3 rings (SSSR count). The quantitative estimate of drug-likeness (QED) is 0.429. The molecule has 9 heteroatoms. The molecule has 0 unspecified atom stereocenters. The zero-order valence-corrected chi connectivity index (χ0v) is 16.0. The Morgan fingerprint density at radius 2 is 1.79 bits per heavy atom. The minimum Gasteiger partial charge on any atom is -0.493 e. The second kappa shape index (κ2) is 9.36. The Bertz CT molecular complexity index is 982. The summed E-state index contributed by atoms with van der Waals surface area (Å²) >= 11 is 0. The predicted molar refractivity (Wildman–Crippen MR) is 107 cm³/mol. The van der Waals surface area contributed by atoms with E-state index in [4.69, 9.17) is 14.2 Å². The van der Waals surface area contributed by atoms with Crippen molar-refractivity contribution in [2.75, 3.05) is 26.1 Å². The third-order valence-electron chi connectivity index (χ3n) is 4.08. The van der Waals surface area contributed by atoms with Crippen LogP contribution in [0.3, 0.4) is 0 Å². The average Bonchev–Trinajstić information content (AvgIpc) is 2.74. The fraction of sp³-hybridized carbons (Fsp3) is 0.200. The van der Waals surface area contributed by atoms with Crippen LogP contribution >= 0.6 is 0 Å². The fourth-order valence-electron chi connectivity index (χ4n) is 2.69. The highest BCUT2D eigenvalue weighted by Crippen LogP contribution is 2.34. The van der Waals surface area contributed by atoms with Crippen molar-refractivity contribution in [3.63, 3.8) is 0 Å². The van der Waals surface area contributed by atoms with Gasteiger partial charge in [0, 0.05) is 6.54 Å². The van der Waals surface area contributed by atoms with E-state index in [-0.39, 0.29) is 17.4 Å². The molecule has 0 aliphatic heterocycles. The van der Waals surface area contributed by atoms with Crippen molar-refractivity contribution in [3.8, 4) is 23.1 Å². The van der Waals surface area contributed by atoms with Gasteiger partial charge in [0.15, 0.2) is 11.5 Å². The molecule has 0 saturated carbocycles. The third kappa shape index (κ3) is 4.89. The number of methoxy groups -OCH3 is 2. The van der Waals surface area contributed by atoms with E-state index >= 15 is 0 Å². The van der Waals surface area contributed by atoms with Crippen LogP contribution in [0.15, 0.2) is 54.9 Å². The van der Waals surface area contributed by atoms with Crippen LogP contribution in [0.4, 0.5) is 11.5 Å². The highest BCUT2D eigenvalue weighted by atomic mass is 16.6. The summed E-state index contributed by atoms with van der Waals surface area (Å²) in [6.07, 6.45) is 1.82. The largest absolute Gasteiger partial charge is 0.493 e. The van der Waals surface area contributed by atoms with Crippen molar-refractivity contribution >= 4 is 11.5 Å². The summed E-state index contributed by atoms with van der Waals surface area (Å²) in [5.74, 6) is 1.68. The van der Waals surface area contributed by atoms with Gasteiger partial charge < -0.3 is 19.5 Å². The van der Waals surface area contributed by atoms with Crippen molar-refractivity contribution in [1.29, 1.82) is 0 Å². The number of rotatable bonds is 9. The molecule has 0 radical (unpaired) electrons. The van der Waals surface area contributed by atoms with Gasteiger partial charge in [-0.2, -0.15) is 4.98 Å². The number of hydrogen-bond acceptors (Lipinski definition) is 8. The first-order chi connectivity index (χ1) is 14.1. The van der Waals surface area contributed by atoms with E-state index in [0.29, 0.717) is 30.2 Å². The van der Waals surface area contributed by atoms with E-state index in [1.807, 2.05) is 24.3 Å². The lowest BCUT2D eigenvalue weighted by atomic mass is 10.1. The Morgan fingerprint density at radius 1 is 1.03 bits per heavy atom. The Morgan fingerprint density at radius 3 is 2.48 bits per heavy atom. The van der Waals surface area contributed by atoms with Crippen LogP contribution in [0.25, 0.3) is 0 Å². The molecule has 1 heterocycles. The molecule has 0 aliphatic carbocycles. The van der Waals surface area contributed by atoms with Crippen LogP contribution in [0.5, 0.6) is 23.1 Å². The zero-order valence-electron chi connectivity index (χ0n) is 16.0. The van der Waals surface area contributed by atoms with Gasteiger partial charge in [-0.15, -0.1) is 0 Å². The summed E-state index contributed by atoms with van der Waals surface area (Å²) in [4.78, 5) is 19.0. The van der Waals surface area contributed by atoms with Crippen LogP contribution < -0.4 is 19.5 Å². The molecule has 0 spiro atoms. The summed E-state index contributed by atoms with van der Waals surface area (Å²) < 4.78 is 16.1. The van der Waals surface area contributed by atoms with Crippen molar-refractivity contribution in [1.82, 2.24) is 9.97 Å². The molecule has 0 amide bonds. The fourth-order valence-corrected chi connectivity index (χ4v) is 2.69. The van der Waals surface area contributed by atoms with Crippen LogP contribution in [0.2, 0.25) is 0 Å². The maximum Gasteiger partial charge on any atom is 0.373 e. The van der Waals surface area contributed by atoms with E-state index in [1.54, 1.807) is 38.5 Å². The van der Waals surface area contributed by atoms with Crippen LogP contribution in [-0.4, -0.2) is 35.7 Å². The van der Waals surface area contributed by atoms with Crippen LogP contribution in [0, 0.1) is 10.1 Å². The second-order valence-electron chi connectivity index (χ2n) is 5.91. The Labute approximate surface area is 167 Å². The minimum atomic E-state index is -0.559. The summed E-state index contributed by atoms with van der Waals surface area (Å²) in [6.45, 7) is 0.415. The molecular formula is C20H20N4O5. The number of ether oxygens (including phenoxy) is 3. The summed E-state index contributed by atoms with van der Waals surface area (Å²) in [7, 11) is 3.14. The Balaban J connectivity index is 1.74. The molecule has 1 aromatic heterocycles. The maximum atomic E-state index is 11.6. The number of nitro groups is 1. The smallest absolute Gasteiger partial charge is 0.373 e. The predicted octanol–water partition coefficient (Wildman–Crippen LogP) is 3.85. The van der Waals surface area contributed by atoms with Crippen LogP contribution in [0.1, 0.15) is 5.56 Å². The van der Waals surface area contributed by atoms with Gasteiger partial charge in [0.25, 0.3) is 0 Å². The van der Waals surface area contributed by atoms with E-state index < -0.39 is 4.92 Å². The molecule has 0 fully saturated rings. The SMILES string of the molecule is COc1ccc(CCNc2ncnc(Oc3ccccc3)c2[N+](=O)[O-])cc1OC. The Kier molecular flexibility index (Phi) is 6.41. The molecular weight excluding hydrogens is 376 g/mol. The molecule has 0 aliphatic rings. The van der Waals surface area contributed by atoms with Crippen molar-refractivity contribution < 1.29 is 19.1 Å². The molecule has 29 heavy (non-hydrogen) atoms. The zero-order chi connectivity index (χ0) is 20.6. The topological polar surface area (TPSA) is 109 Å². The molecule has 150 valence electrons. The lowest BCUT2D eigenvalue weighted by molar-refractivity contribution is -0.385. The number of nitrogens with zero attached hydrogens (tertiary/aromatic N) is 3. The number of hydrogen-bond donors (Lipinski definition) is 1. The third-order valence-corrected chi connectivity index (χ3v) is 4.08. The second-order valence-corrected chi connectivity index (χ2v) is 5.91. The van der Waals surface area contributed by atoms with Gasteiger partial charge in [0.2, 0.25) is 5.82 Å². The lowest BCUT2D eigenvalue weighted by Gasteiger charge is -2.11. The van der Waals surface area contributed by atoms with Gasteiger partial charge in [-0.25, -0.2) is 4.98 Å². The van der Waals surface area contributed by atoms with E-state index in [2.05, 4.69) is 15.3 Å². The molecule has 2 aromatic carbocycles. The molecule has 0 atom stereocenters. The van der Waals surface area contributed by atoms with Gasteiger partial charge in [-0.05, 0) is 36.2 Å². The first-order valence-corrected chi connectivity index (χ1v) is 8.79. The summed E-state index contributed by atoms with van der Waals surface area (Å²) in [5, 5.41) is 14.6. The molecule has 1 N–H and O–H groups in total. The highest BCUT2D eigenvalue weighted by Gasteiger charge is 2.24. The maximum absolute atomic E-state index is 11.6. The molecule has 0 bridgehead atoms. The normalized spacial score (nSPS) is 10.3. The number of benzene rings is 2. The van der Waals surface area contributed by atoms with E-state index in [9.17, 15) is 10.1 Å². The Hall–Kier alpha value is -3.88. The molecule has 9 nitrogen and oxygen atoms in total. The van der Waals surface area contributed by atoms with Gasteiger partial charge in [-0.1, -0.05) is 24.3 Å². The monoisotopic (exact) mass is 396 g/mol. The first kappa shape index (κ1) is 19.9. The van der Waals surface area contributed by atoms with Crippen molar-refractivity contribution in [3.05, 3.63) is 70.5 Å². The lowest BCUT2D eigenvalue weighted by Crippen LogP contribution is -2.10. The summed E-state index contributed by atoms with van der Waals surface area (Å²) in [5.41, 5.74) is 0.663. The molecule has 3 aromatic rings. The number of aromatic nitrogens is 2. The summed E-state index contributed by atoms with van der Waals surface area (Å²) in [6, 6.07) is 14.3. The van der Waals surface area contributed by atoms with Crippen LogP contribution in [-0.2, 0) is 6.42 Å². The van der Waals surface area contributed by atoms with Gasteiger partial charge in [0.1, 0.15) is 12.1 Å². The first-order valence-electron chi connectivity index (χ1n) is 8.79. The number of anilines is 1. The van der Waals surface area contributed by atoms with E-state index in [1.165, 1.54) is 6.33 Å². The minimum absolute atomic E-state index is 0.0939. The van der Waals surface area contributed by atoms with Gasteiger partial charge >= 0.3 is 11.6 Å².